The van der Waals surface area contributed by atoms with Crippen LogP contribution >= 0.6 is 34.4 Å². The van der Waals surface area contributed by atoms with E-state index < -0.39 is 5.97 Å². The quantitative estimate of drug-likeness (QED) is 0.190. The molecule has 0 aliphatic rings. The van der Waals surface area contributed by atoms with Gasteiger partial charge in [-0.15, -0.1) is 32.9 Å². The molecule has 1 N–H and O–H groups in total. The second-order valence-electron chi connectivity index (χ2n) is 8.13. The molecule has 188 valence electrons. The standard InChI is InChI=1S/C25H25FN4O3S3/c1-5-30-22(16-10-19(14(2)3)34-11-16)28-29-25(30)36-13-20(31)27-23-21(24(32)33-4)18(12-35-23)15-6-8-17(26)9-7-15/h6-12,14H,5,13H2,1-4H3,(H,27,31). The third-order valence-corrected chi connectivity index (χ3v) is 8.50. The van der Waals surface area contributed by atoms with Crippen LogP contribution < -0.4 is 5.32 Å². The Balaban J connectivity index is 1.49. The summed E-state index contributed by atoms with van der Waals surface area (Å²) in [7, 11) is 1.28. The molecular formula is C25H25FN4O3S3. The summed E-state index contributed by atoms with van der Waals surface area (Å²) in [6, 6.07) is 7.94. The highest BCUT2D eigenvalue weighted by molar-refractivity contribution is 7.99. The molecule has 0 aliphatic carbocycles. The molecule has 3 aromatic heterocycles. The van der Waals surface area contributed by atoms with Gasteiger partial charge in [0.1, 0.15) is 16.4 Å². The summed E-state index contributed by atoms with van der Waals surface area (Å²) >= 11 is 4.19. The largest absolute Gasteiger partial charge is 0.465 e. The van der Waals surface area contributed by atoms with Gasteiger partial charge in [-0.3, -0.25) is 4.79 Å². The van der Waals surface area contributed by atoms with E-state index in [-0.39, 0.29) is 23.0 Å². The van der Waals surface area contributed by atoms with Crippen LogP contribution in [0.5, 0.6) is 0 Å². The van der Waals surface area contributed by atoms with Gasteiger partial charge in [0.2, 0.25) is 5.91 Å². The third kappa shape index (κ3) is 5.53. The van der Waals surface area contributed by atoms with Crippen LogP contribution in [0.3, 0.4) is 0 Å². The van der Waals surface area contributed by atoms with Gasteiger partial charge in [-0.2, -0.15) is 0 Å². The fourth-order valence-corrected chi connectivity index (χ4v) is 6.24. The Kier molecular flexibility index (Phi) is 8.22. The Morgan fingerprint density at radius 1 is 1.14 bits per heavy atom. The first-order chi connectivity index (χ1) is 17.3. The Morgan fingerprint density at radius 2 is 1.89 bits per heavy atom. The van der Waals surface area contributed by atoms with Crippen LogP contribution in [0, 0.1) is 5.82 Å². The summed E-state index contributed by atoms with van der Waals surface area (Å²) in [6.07, 6.45) is 0. The normalized spacial score (nSPS) is 11.2. The van der Waals surface area contributed by atoms with Crippen LogP contribution in [0.1, 0.15) is 41.9 Å². The van der Waals surface area contributed by atoms with Crippen molar-refractivity contribution in [1.29, 1.82) is 0 Å². The Hall–Kier alpha value is -3.02. The number of thioether (sulfide) groups is 1. The molecule has 0 radical (unpaired) electrons. The van der Waals surface area contributed by atoms with Crippen LogP contribution in [-0.4, -0.2) is 39.5 Å². The number of esters is 1. The van der Waals surface area contributed by atoms with Crippen LogP contribution in [0.4, 0.5) is 9.39 Å². The molecule has 3 heterocycles. The molecule has 0 aliphatic heterocycles. The average molecular weight is 545 g/mol. The molecule has 1 amide bonds. The molecule has 0 unspecified atom stereocenters. The number of ether oxygens (including phenoxy) is 1. The van der Waals surface area contributed by atoms with Gasteiger partial charge in [0.15, 0.2) is 11.0 Å². The minimum absolute atomic E-state index is 0.0867. The fourth-order valence-electron chi connectivity index (χ4n) is 3.56. The maximum absolute atomic E-state index is 13.4. The Morgan fingerprint density at radius 3 is 2.53 bits per heavy atom. The number of hydrogen-bond donors (Lipinski definition) is 1. The molecule has 7 nitrogen and oxygen atoms in total. The molecule has 36 heavy (non-hydrogen) atoms. The molecule has 1 aromatic carbocycles. The van der Waals surface area contributed by atoms with Crippen molar-refractivity contribution in [2.75, 3.05) is 18.2 Å². The first kappa shape index (κ1) is 26.1. The Bertz CT molecular complexity index is 1380. The van der Waals surface area contributed by atoms with Gasteiger partial charge >= 0.3 is 5.97 Å². The van der Waals surface area contributed by atoms with Crippen molar-refractivity contribution in [3.8, 4) is 22.5 Å². The predicted octanol–water partition coefficient (Wildman–Crippen LogP) is 6.53. The van der Waals surface area contributed by atoms with Crippen molar-refractivity contribution in [2.45, 2.75) is 38.4 Å². The summed E-state index contributed by atoms with van der Waals surface area (Å²) in [5, 5.41) is 16.3. The monoisotopic (exact) mass is 544 g/mol. The van der Waals surface area contributed by atoms with Crippen LogP contribution in [0.15, 0.2) is 46.2 Å². The van der Waals surface area contributed by atoms with Crippen molar-refractivity contribution < 1.29 is 18.7 Å². The van der Waals surface area contributed by atoms with Crippen molar-refractivity contribution >= 4 is 51.3 Å². The summed E-state index contributed by atoms with van der Waals surface area (Å²) in [6.45, 7) is 6.99. The first-order valence-electron chi connectivity index (χ1n) is 11.2. The summed E-state index contributed by atoms with van der Waals surface area (Å²) in [5.41, 5.74) is 2.48. The highest BCUT2D eigenvalue weighted by Crippen LogP contribution is 2.36. The van der Waals surface area contributed by atoms with E-state index in [0.29, 0.717) is 33.7 Å². The van der Waals surface area contributed by atoms with Crippen molar-refractivity contribution in [1.82, 2.24) is 14.8 Å². The highest BCUT2D eigenvalue weighted by Gasteiger charge is 2.23. The number of aromatic nitrogens is 3. The lowest BCUT2D eigenvalue weighted by molar-refractivity contribution is -0.113. The maximum atomic E-state index is 13.4. The minimum atomic E-state index is -0.578. The number of hydrogen-bond acceptors (Lipinski definition) is 8. The van der Waals surface area contributed by atoms with Gasteiger partial charge in [0.25, 0.3) is 0 Å². The van der Waals surface area contributed by atoms with E-state index in [1.807, 2.05) is 11.5 Å². The van der Waals surface area contributed by atoms with E-state index in [4.69, 9.17) is 4.74 Å². The molecule has 0 atom stereocenters. The molecular weight excluding hydrogens is 519 g/mol. The number of nitrogens with one attached hydrogen (secondary N) is 1. The second kappa shape index (κ2) is 11.4. The zero-order valence-electron chi connectivity index (χ0n) is 20.2. The van der Waals surface area contributed by atoms with Crippen LogP contribution in [0.2, 0.25) is 0 Å². The zero-order valence-corrected chi connectivity index (χ0v) is 22.7. The summed E-state index contributed by atoms with van der Waals surface area (Å²) in [4.78, 5) is 26.6. The molecule has 0 saturated carbocycles. The smallest absolute Gasteiger partial charge is 0.341 e. The molecule has 4 aromatic rings. The van der Waals surface area contributed by atoms with Gasteiger partial charge in [-0.05, 0) is 36.6 Å². The fraction of sp³-hybridized carbons (Fsp3) is 0.280. The molecule has 0 saturated heterocycles. The number of halogens is 1. The maximum Gasteiger partial charge on any atom is 0.341 e. The third-order valence-electron chi connectivity index (χ3n) is 5.40. The number of nitrogens with zero attached hydrogens (tertiary/aromatic N) is 3. The van der Waals surface area contributed by atoms with E-state index in [0.717, 1.165) is 11.4 Å². The van der Waals surface area contributed by atoms with Crippen LogP contribution in [-0.2, 0) is 16.1 Å². The lowest BCUT2D eigenvalue weighted by Crippen LogP contribution is -2.16. The van der Waals surface area contributed by atoms with Gasteiger partial charge < -0.3 is 14.6 Å². The number of methoxy groups -OCH3 is 1. The van der Waals surface area contributed by atoms with E-state index in [1.54, 1.807) is 28.8 Å². The predicted molar refractivity (Wildman–Crippen MR) is 144 cm³/mol. The van der Waals surface area contributed by atoms with Crippen molar-refractivity contribution in [2.24, 2.45) is 0 Å². The Labute approximate surface area is 220 Å². The SMILES string of the molecule is CCn1c(SCC(=O)Nc2scc(-c3ccc(F)cc3)c2C(=O)OC)nnc1-c1csc(C(C)C)c1. The number of anilines is 1. The molecule has 0 fully saturated rings. The summed E-state index contributed by atoms with van der Waals surface area (Å²) in [5.74, 6) is 0.0619. The number of amides is 1. The minimum Gasteiger partial charge on any atom is -0.465 e. The molecule has 4 rings (SSSR count). The van der Waals surface area contributed by atoms with Crippen molar-refractivity contribution in [3.63, 3.8) is 0 Å². The average Bonchev–Trinajstić information content (AvgIpc) is 3.60. The summed E-state index contributed by atoms with van der Waals surface area (Å²) < 4.78 is 20.3. The van der Waals surface area contributed by atoms with Gasteiger partial charge in [0.05, 0.1) is 12.9 Å². The van der Waals surface area contributed by atoms with Crippen LogP contribution in [0.25, 0.3) is 22.5 Å². The molecule has 11 heteroatoms. The zero-order chi connectivity index (χ0) is 25.8. The lowest BCUT2D eigenvalue weighted by atomic mass is 10.0. The molecule has 0 spiro atoms. The number of rotatable bonds is 9. The number of carbonyl (C=O) groups is 2. The van der Waals surface area contributed by atoms with Gasteiger partial charge in [-0.25, -0.2) is 9.18 Å². The van der Waals surface area contributed by atoms with Crippen molar-refractivity contribution in [3.05, 3.63) is 57.3 Å². The van der Waals surface area contributed by atoms with Gasteiger partial charge in [0, 0.05) is 33.3 Å². The first-order valence-corrected chi connectivity index (χ1v) is 14.0. The number of benzene rings is 1. The highest BCUT2D eigenvalue weighted by atomic mass is 32.2. The second-order valence-corrected chi connectivity index (χ2v) is 10.9. The topological polar surface area (TPSA) is 86.1 Å². The van der Waals surface area contributed by atoms with E-state index >= 15 is 0 Å². The lowest BCUT2D eigenvalue weighted by Gasteiger charge is -2.09. The van der Waals surface area contributed by atoms with E-state index in [9.17, 15) is 14.0 Å². The number of thiophene rings is 2. The number of carbonyl (C=O) groups excluding carboxylic acids is 2. The van der Waals surface area contributed by atoms with E-state index in [1.165, 1.54) is 47.2 Å². The van der Waals surface area contributed by atoms with Gasteiger partial charge in [-0.1, -0.05) is 37.7 Å². The van der Waals surface area contributed by atoms with E-state index in [2.05, 4.69) is 40.8 Å². The molecule has 0 bridgehead atoms.